The molecule has 0 saturated carbocycles. The summed E-state index contributed by atoms with van der Waals surface area (Å²) >= 11 is 0. The van der Waals surface area contributed by atoms with E-state index in [0.717, 1.165) is 0 Å². The van der Waals surface area contributed by atoms with Gasteiger partial charge in [0.15, 0.2) is 0 Å². The highest BCUT2D eigenvalue weighted by Crippen LogP contribution is 2.04. The molecule has 11 N–H and O–H groups in total. The summed E-state index contributed by atoms with van der Waals surface area (Å²) in [6.07, 6.45) is -0.183. The predicted molar refractivity (Wildman–Crippen MR) is 112 cm³/mol. The number of hydrogen-bond donors (Lipinski definition) is 9. The molecule has 17 heteroatoms. The molecule has 1 rings (SSSR count). The molecule has 0 aliphatic rings. The maximum Gasteiger partial charge on any atom is 0.326 e. The Morgan fingerprint density at radius 3 is 1.86 bits per heavy atom. The standard InChI is InChI=1S/C18H25N7O10/c19-8(2-13(27)28)15(31)23-10(3-12(20)26)17(33)24-9(1-7-5-21-6-22-7)16(32)25-11(18(34)35)4-14(29)30/h5-6,8-11H,1-4,19H2,(H2,20,26)(H,21,22)(H,23,31)(H,24,33)(H,25,32)(H,27,28)(H,29,30)(H,34,35). The van der Waals surface area contributed by atoms with Gasteiger partial charge in [-0.25, -0.2) is 9.78 Å². The van der Waals surface area contributed by atoms with Gasteiger partial charge in [-0.15, -0.1) is 0 Å². The van der Waals surface area contributed by atoms with Crippen molar-refractivity contribution in [3.8, 4) is 0 Å². The second-order valence-electron chi connectivity index (χ2n) is 7.28. The zero-order valence-electron chi connectivity index (χ0n) is 18.1. The Balaban J connectivity index is 3.09. The fourth-order valence-electron chi connectivity index (χ4n) is 2.71. The average Bonchev–Trinajstić information content (AvgIpc) is 3.24. The summed E-state index contributed by atoms with van der Waals surface area (Å²) in [5.74, 6) is -8.85. The van der Waals surface area contributed by atoms with Gasteiger partial charge in [0.25, 0.3) is 0 Å². The van der Waals surface area contributed by atoms with E-state index in [9.17, 15) is 33.6 Å². The van der Waals surface area contributed by atoms with Crippen LogP contribution in [0.3, 0.4) is 0 Å². The van der Waals surface area contributed by atoms with Crippen LogP contribution in [0.1, 0.15) is 25.0 Å². The Labute approximate surface area is 196 Å². The molecule has 0 radical (unpaired) electrons. The van der Waals surface area contributed by atoms with Crippen LogP contribution in [-0.2, 0) is 40.0 Å². The molecule has 0 fully saturated rings. The molecule has 35 heavy (non-hydrogen) atoms. The number of hydrogen-bond acceptors (Lipinski definition) is 9. The van der Waals surface area contributed by atoms with Gasteiger partial charge in [0.05, 0.1) is 31.6 Å². The number of nitrogens with two attached hydrogens (primary N) is 2. The molecule has 4 unspecified atom stereocenters. The molecule has 0 bridgehead atoms. The number of aliphatic carboxylic acids is 3. The number of primary amides is 1. The molecule has 1 aromatic rings. The number of carboxylic acid groups (broad SMARTS) is 3. The van der Waals surface area contributed by atoms with Crippen LogP contribution in [0.4, 0.5) is 0 Å². The van der Waals surface area contributed by atoms with Crippen molar-refractivity contribution in [1.82, 2.24) is 25.9 Å². The summed E-state index contributed by atoms with van der Waals surface area (Å²) in [5, 5.41) is 33.0. The van der Waals surface area contributed by atoms with Gasteiger partial charge in [-0.1, -0.05) is 0 Å². The number of amides is 4. The number of aromatic nitrogens is 2. The van der Waals surface area contributed by atoms with Crippen LogP contribution < -0.4 is 27.4 Å². The van der Waals surface area contributed by atoms with E-state index in [1.165, 1.54) is 12.5 Å². The van der Waals surface area contributed by atoms with E-state index < -0.39 is 85.0 Å². The van der Waals surface area contributed by atoms with E-state index in [4.69, 9.17) is 26.8 Å². The first-order valence-electron chi connectivity index (χ1n) is 9.88. The minimum absolute atomic E-state index is 0.271. The Bertz CT molecular complexity index is 965. The van der Waals surface area contributed by atoms with Gasteiger partial charge in [-0.3, -0.25) is 28.8 Å². The number of rotatable bonds is 15. The first-order valence-corrected chi connectivity index (χ1v) is 9.88. The Morgan fingerprint density at radius 2 is 1.37 bits per heavy atom. The molecule has 0 aliphatic heterocycles. The highest BCUT2D eigenvalue weighted by atomic mass is 16.4. The number of nitrogens with zero attached hydrogens (tertiary/aromatic N) is 1. The van der Waals surface area contributed by atoms with E-state index in [2.05, 4.69) is 20.6 Å². The Hall–Kier alpha value is -4.54. The number of carbonyl (C=O) groups excluding carboxylic acids is 4. The summed E-state index contributed by atoms with van der Waals surface area (Å²) < 4.78 is 0. The Kier molecular flexibility index (Phi) is 10.8. The van der Waals surface area contributed by atoms with E-state index in [-0.39, 0.29) is 6.42 Å². The second kappa shape index (κ2) is 13.2. The predicted octanol–water partition coefficient (Wildman–Crippen LogP) is -4.36. The van der Waals surface area contributed by atoms with Gasteiger partial charge in [-0.2, -0.15) is 0 Å². The third kappa shape index (κ3) is 10.3. The zero-order valence-corrected chi connectivity index (χ0v) is 18.1. The third-order valence-corrected chi connectivity index (χ3v) is 4.37. The average molecular weight is 499 g/mol. The quantitative estimate of drug-likeness (QED) is 0.111. The SMILES string of the molecule is NC(=O)CC(NC(=O)C(N)CC(=O)O)C(=O)NC(Cc1cnc[nH]1)C(=O)NC(CC(=O)O)C(=O)O. The molecule has 1 aromatic heterocycles. The molecule has 17 nitrogen and oxygen atoms in total. The zero-order chi connectivity index (χ0) is 26.7. The molecule has 0 spiro atoms. The molecular formula is C18H25N7O10. The second-order valence-corrected chi connectivity index (χ2v) is 7.28. The third-order valence-electron chi connectivity index (χ3n) is 4.37. The van der Waals surface area contributed by atoms with Gasteiger partial charge in [0, 0.05) is 18.3 Å². The molecule has 4 amide bonds. The molecular weight excluding hydrogens is 474 g/mol. The Morgan fingerprint density at radius 1 is 0.829 bits per heavy atom. The van der Waals surface area contributed by atoms with E-state index in [1.807, 2.05) is 5.32 Å². The van der Waals surface area contributed by atoms with Gasteiger partial charge in [0.2, 0.25) is 23.6 Å². The molecule has 1 heterocycles. The molecule has 192 valence electrons. The molecule has 4 atom stereocenters. The minimum atomic E-state index is -1.82. The van der Waals surface area contributed by atoms with Crippen LogP contribution in [0.5, 0.6) is 0 Å². The number of carbonyl (C=O) groups is 7. The van der Waals surface area contributed by atoms with Crippen LogP contribution >= 0.6 is 0 Å². The number of imidazole rings is 1. The van der Waals surface area contributed by atoms with Gasteiger partial charge in [-0.05, 0) is 0 Å². The fourth-order valence-corrected chi connectivity index (χ4v) is 2.71. The summed E-state index contributed by atoms with van der Waals surface area (Å²) in [6.45, 7) is 0. The number of nitrogens with one attached hydrogen (secondary N) is 4. The van der Waals surface area contributed by atoms with Gasteiger partial charge >= 0.3 is 17.9 Å². The van der Waals surface area contributed by atoms with Gasteiger partial charge in [0.1, 0.15) is 18.1 Å². The fraction of sp³-hybridized carbons (Fsp3) is 0.444. The monoisotopic (exact) mass is 499 g/mol. The van der Waals surface area contributed by atoms with Crippen molar-refractivity contribution < 1.29 is 48.9 Å². The first kappa shape index (κ1) is 28.5. The van der Waals surface area contributed by atoms with Crippen LogP contribution in [0.2, 0.25) is 0 Å². The largest absolute Gasteiger partial charge is 0.481 e. The first-order chi connectivity index (χ1) is 16.3. The van der Waals surface area contributed by atoms with E-state index in [1.54, 1.807) is 0 Å². The van der Waals surface area contributed by atoms with Crippen LogP contribution in [0, 0.1) is 0 Å². The molecule has 0 saturated heterocycles. The molecule has 0 aromatic carbocycles. The van der Waals surface area contributed by atoms with E-state index in [0.29, 0.717) is 5.69 Å². The van der Waals surface area contributed by atoms with Crippen molar-refractivity contribution in [1.29, 1.82) is 0 Å². The molecule has 0 aliphatic carbocycles. The normalized spacial score (nSPS) is 14.0. The highest BCUT2D eigenvalue weighted by molar-refractivity contribution is 5.97. The van der Waals surface area contributed by atoms with Gasteiger partial charge < -0.3 is 47.7 Å². The van der Waals surface area contributed by atoms with Crippen molar-refractivity contribution in [2.45, 2.75) is 49.9 Å². The maximum atomic E-state index is 12.8. The van der Waals surface area contributed by atoms with Crippen molar-refractivity contribution in [2.75, 3.05) is 0 Å². The summed E-state index contributed by atoms with van der Waals surface area (Å²) in [7, 11) is 0. The lowest BCUT2D eigenvalue weighted by Gasteiger charge is -2.24. The highest BCUT2D eigenvalue weighted by Gasteiger charge is 2.32. The summed E-state index contributed by atoms with van der Waals surface area (Å²) in [6, 6.07) is -6.56. The minimum Gasteiger partial charge on any atom is -0.481 e. The summed E-state index contributed by atoms with van der Waals surface area (Å²) in [4.78, 5) is 88.4. The topological polar surface area (TPSA) is 297 Å². The van der Waals surface area contributed by atoms with Crippen molar-refractivity contribution in [2.24, 2.45) is 11.5 Å². The lowest BCUT2D eigenvalue weighted by atomic mass is 10.1. The number of H-pyrrole nitrogens is 1. The van der Waals surface area contributed by atoms with Crippen LogP contribution in [0.25, 0.3) is 0 Å². The lowest BCUT2D eigenvalue weighted by molar-refractivity contribution is -0.147. The van der Waals surface area contributed by atoms with Crippen molar-refractivity contribution in [3.05, 3.63) is 18.2 Å². The number of aromatic amines is 1. The van der Waals surface area contributed by atoms with Crippen molar-refractivity contribution >= 4 is 41.5 Å². The lowest BCUT2D eigenvalue weighted by Crippen LogP contribution is -2.58. The number of carboxylic acids is 3. The van der Waals surface area contributed by atoms with Crippen LogP contribution in [-0.4, -0.2) is 91.0 Å². The van der Waals surface area contributed by atoms with Crippen molar-refractivity contribution in [3.63, 3.8) is 0 Å². The van der Waals surface area contributed by atoms with E-state index >= 15 is 0 Å². The maximum absolute atomic E-state index is 12.8. The van der Waals surface area contributed by atoms with Crippen LogP contribution in [0.15, 0.2) is 12.5 Å². The summed E-state index contributed by atoms with van der Waals surface area (Å²) in [5.41, 5.74) is 10.9. The smallest absolute Gasteiger partial charge is 0.326 e.